The van der Waals surface area contributed by atoms with Gasteiger partial charge in [0.25, 0.3) is 0 Å². The van der Waals surface area contributed by atoms with Gasteiger partial charge in [0.2, 0.25) is 5.91 Å². The smallest absolute Gasteiger partial charge is 0.335 e. The summed E-state index contributed by atoms with van der Waals surface area (Å²) in [6, 6.07) is 12.7. The number of fused-ring (bicyclic) bond motifs is 1. The molecule has 45 heavy (non-hydrogen) atoms. The molecular formula is C32H41FN2O10. The van der Waals surface area contributed by atoms with Gasteiger partial charge in [0, 0.05) is 45.1 Å². The number of benzene rings is 2. The van der Waals surface area contributed by atoms with Gasteiger partial charge < -0.3 is 44.4 Å². The van der Waals surface area contributed by atoms with Crippen LogP contribution in [0, 0.1) is 5.82 Å². The number of nitrogens with zero attached hydrogens (tertiary/aromatic N) is 2. The molecule has 0 saturated carbocycles. The minimum atomic E-state index is -2.27. The number of carbonyl (C=O) groups is 3. The van der Waals surface area contributed by atoms with Crippen LogP contribution in [-0.2, 0) is 43.2 Å². The van der Waals surface area contributed by atoms with E-state index in [1.807, 2.05) is 17.0 Å². The summed E-state index contributed by atoms with van der Waals surface area (Å²) in [5.41, 5.74) is 3.16. The number of halogens is 1. The molecule has 1 amide bonds. The Hall–Kier alpha value is -3.62. The van der Waals surface area contributed by atoms with Crippen LogP contribution in [0.4, 0.5) is 4.39 Å². The third-order valence-electron chi connectivity index (χ3n) is 8.08. The number of carboxylic acid groups (broad SMARTS) is 2. The van der Waals surface area contributed by atoms with Crippen molar-refractivity contribution in [3.8, 4) is 5.75 Å². The van der Waals surface area contributed by atoms with Crippen molar-refractivity contribution in [1.29, 1.82) is 0 Å². The monoisotopic (exact) mass is 632 g/mol. The number of rotatable bonds is 11. The van der Waals surface area contributed by atoms with Gasteiger partial charge in [-0.15, -0.1) is 0 Å². The zero-order valence-electron chi connectivity index (χ0n) is 25.1. The molecule has 3 heterocycles. The van der Waals surface area contributed by atoms with E-state index in [2.05, 4.69) is 11.0 Å². The fraction of sp³-hybridized carbons (Fsp3) is 0.531. The largest absolute Gasteiger partial charge is 0.493 e. The number of hydrogen-bond donors (Lipinski definition) is 4. The van der Waals surface area contributed by atoms with E-state index in [-0.39, 0.29) is 24.1 Å². The van der Waals surface area contributed by atoms with Crippen LogP contribution in [-0.4, -0.2) is 112 Å². The van der Waals surface area contributed by atoms with E-state index < -0.39 is 24.1 Å². The van der Waals surface area contributed by atoms with Gasteiger partial charge in [-0.05, 0) is 54.2 Å². The number of amides is 1. The molecule has 0 bridgehead atoms. The van der Waals surface area contributed by atoms with E-state index in [4.69, 9.17) is 34.6 Å². The molecule has 246 valence electrons. The molecule has 2 saturated heterocycles. The molecule has 3 aliphatic heterocycles. The van der Waals surface area contributed by atoms with E-state index in [1.165, 1.54) is 17.7 Å². The fourth-order valence-electron chi connectivity index (χ4n) is 5.55. The van der Waals surface area contributed by atoms with Crippen LogP contribution in [0.25, 0.3) is 0 Å². The van der Waals surface area contributed by atoms with Crippen molar-refractivity contribution in [2.24, 2.45) is 0 Å². The number of aliphatic hydroxyl groups excluding tert-OH is 2. The van der Waals surface area contributed by atoms with E-state index >= 15 is 0 Å². The number of ether oxygens (including phenoxy) is 3. The number of likely N-dealkylation sites (tertiary alicyclic amines) is 1. The summed E-state index contributed by atoms with van der Waals surface area (Å²) in [5, 5.41) is 32.5. The average molecular weight is 633 g/mol. The van der Waals surface area contributed by atoms with E-state index in [1.54, 1.807) is 12.1 Å². The molecule has 2 unspecified atom stereocenters. The van der Waals surface area contributed by atoms with Crippen LogP contribution >= 0.6 is 0 Å². The number of hydrogen-bond acceptors (Lipinski definition) is 9. The molecule has 2 atom stereocenters. The first-order valence-corrected chi connectivity index (χ1v) is 15.2. The molecular weight excluding hydrogens is 591 g/mol. The summed E-state index contributed by atoms with van der Waals surface area (Å²) in [6.45, 7) is 5.61. The van der Waals surface area contributed by atoms with Gasteiger partial charge in [0.15, 0.2) is 18.5 Å². The van der Waals surface area contributed by atoms with Gasteiger partial charge in [-0.3, -0.25) is 4.79 Å². The molecule has 12 nitrogen and oxygen atoms in total. The van der Waals surface area contributed by atoms with Crippen molar-refractivity contribution in [2.45, 2.75) is 69.6 Å². The van der Waals surface area contributed by atoms with Gasteiger partial charge in [-0.2, -0.15) is 0 Å². The van der Waals surface area contributed by atoms with Crippen LogP contribution in [0.1, 0.15) is 42.4 Å². The van der Waals surface area contributed by atoms with Crippen molar-refractivity contribution < 1.29 is 53.4 Å². The first-order chi connectivity index (χ1) is 21.6. The first kappa shape index (κ1) is 34.3. The second-order valence-electron chi connectivity index (χ2n) is 11.3. The minimum Gasteiger partial charge on any atom is -0.493 e. The summed E-state index contributed by atoms with van der Waals surface area (Å²) in [4.78, 5) is 37.6. The van der Waals surface area contributed by atoms with Crippen molar-refractivity contribution in [1.82, 2.24) is 9.80 Å². The molecule has 2 fully saturated rings. The molecule has 3 aliphatic rings. The number of carbonyl (C=O) groups excluding carboxylic acids is 1. The Kier molecular flexibility index (Phi) is 12.7. The van der Waals surface area contributed by atoms with E-state index in [0.29, 0.717) is 19.6 Å². The number of carboxylic acids is 2. The zero-order valence-corrected chi connectivity index (χ0v) is 25.1. The highest BCUT2D eigenvalue weighted by atomic mass is 19.1. The molecule has 0 aromatic heterocycles. The van der Waals surface area contributed by atoms with Gasteiger partial charge in [-0.1, -0.05) is 24.3 Å². The Balaban J connectivity index is 0.000000399. The van der Waals surface area contributed by atoms with Crippen LogP contribution in [0.2, 0.25) is 0 Å². The number of aliphatic carboxylic acids is 2. The molecule has 5 rings (SSSR count). The lowest BCUT2D eigenvalue weighted by Gasteiger charge is -2.39. The normalized spacial score (nSPS) is 18.6. The SMILES string of the molecule is O=C(Cc1ccc2c(c1)CCO2)N(Cc1ccc(F)cc1)C1CCN(CCC2OCCCO2)CC1.O=C(O)C(O)C(O)C(=O)O. The second-order valence-corrected chi connectivity index (χ2v) is 11.3. The van der Waals surface area contributed by atoms with Gasteiger partial charge in [-0.25, -0.2) is 14.0 Å². The number of piperidine rings is 1. The van der Waals surface area contributed by atoms with Crippen LogP contribution in [0.15, 0.2) is 42.5 Å². The van der Waals surface area contributed by atoms with Crippen LogP contribution < -0.4 is 4.74 Å². The van der Waals surface area contributed by atoms with Gasteiger partial charge >= 0.3 is 11.9 Å². The van der Waals surface area contributed by atoms with Crippen LogP contribution in [0.3, 0.4) is 0 Å². The van der Waals surface area contributed by atoms with Crippen LogP contribution in [0.5, 0.6) is 5.75 Å². The summed E-state index contributed by atoms with van der Waals surface area (Å²) >= 11 is 0. The molecule has 0 aliphatic carbocycles. The molecule has 0 radical (unpaired) electrons. The predicted molar refractivity (Wildman–Crippen MR) is 158 cm³/mol. The Morgan fingerprint density at radius 3 is 2.16 bits per heavy atom. The highest BCUT2D eigenvalue weighted by Crippen LogP contribution is 2.27. The Bertz CT molecular complexity index is 1260. The summed E-state index contributed by atoms with van der Waals surface area (Å²) < 4.78 is 30.4. The molecule has 2 aromatic rings. The number of aliphatic hydroxyl groups is 2. The predicted octanol–water partition coefficient (Wildman–Crippen LogP) is 1.83. The standard InChI is InChI=1S/C28H35FN2O4.C4H6O6/c29-24-5-2-21(3-6-24)20-31(27(32)19-22-4-7-26-23(18-22)11-17-33-26)25-8-12-30(13-9-25)14-10-28-34-15-1-16-35-28;5-1(3(7)8)2(6)4(9)10/h2-7,18,25,28H,1,8-17,19-20H2;1-2,5-6H,(H,7,8)(H,9,10). The van der Waals surface area contributed by atoms with Gasteiger partial charge in [0.1, 0.15) is 11.6 Å². The minimum absolute atomic E-state index is 0.0873. The summed E-state index contributed by atoms with van der Waals surface area (Å²) in [7, 11) is 0. The highest BCUT2D eigenvalue weighted by Gasteiger charge is 2.30. The zero-order chi connectivity index (χ0) is 32.3. The lowest BCUT2D eigenvalue weighted by atomic mass is 10.00. The maximum Gasteiger partial charge on any atom is 0.335 e. The molecule has 4 N–H and O–H groups in total. The summed E-state index contributed by atoms with van der Waals surface area (Å²) in [5.74, 6) is -2.74. The maximum absolute atomic E-state index is 13.6. The van der Waals surface area contributed by atoms with Gasteiger partial charge in [0.05, 0.1) is 26.2 Å². The third kappa shape index (κ3) is 10.2. The van der Waals surface area contributed by atoms with Crippen molar-refractivity contribution >= 4 is 17.8 Å². The highest BCUT2D eigenvalue weighted by molar-refractivity contribution is 5.83. The quantitative estimate of drug-likeness (QED) is 0.286. The van der Waals surface area contributed by atoms with Crippen molar-refractivity contribution in [3.05, 3.63) is 65.0 Å². The van der Waals surface area contributed by atoms with Crippen molar-refractivity contribution in [2.75, 3.05) is 39.5 Å². The molecule has 2 aromatic carbocycles. The topological polar surface area (TPSA) is 166 Å². The first-order valence-electron chi connectivity index (χ1n) is 15.2. The maximum atomic E-state index is 13.6. The van der Waals surface area contributed by atoms with E-state index in [9.17, 15) is 18.8 Å². The van der Waals surface area contributed by atoms with Crippen molar-refractivity contribution in [3.63, 3.8) is 0 Å². The lowest BCUT2D eigenvalue weighted by Crippen LogP contribution is -2.48. The Labute approximate surface area is 260 Å². The Morgan fingerprint density at radius 2 is 1.53 bits per heavy atom. The lowest BCUT2D eigenvalue weighted by molar-refractivity contribution is -0.183. The third-order valence-corrected chi connectivity index (χ3v) is 8.08. The molecule has 0 spiro atoms. The molecule has 13 heteroatoms. The summed E-state index contributed by atoms with van der Waals surface area (Å²) in [6.07, 6.45) is 0.348. The second kappa shape index (κ2) is 16.6. The van der Waals surface area contributed by atoms with E-state index in [0.717, 1.165) is 81.8 Å². The fourth-order valence-corrected chi connectivity index (χ4v) is 5.55. The average Bonchev–Trinajstić information content (AvgIpc) is 3.52. The Morgan fingerprint density at radius 1 is 0.911 bits per heavy atom.